The molecule has 0 spiro atoms. The van der Waals surface area contributed by atoms with Crippen LogP contribution in [0.5, 0.6) is 5.75 Å². The lowest BCUT2D eigenvalue weighted by molar-refractivity contribution is -0.118. The quantitative estimate of drug-likeness (QED) is 0.746. The molecule has 0 unspecified atom stereocenters. The smallest absolute Gasteiger partial charge is 0.254 e. The van der Waals surface area contributed by atoms with Gasteiger partial charge in [0.15, 0.2) is 0 Å². The lowest BCUT2D eigenvalue weighted by Crippen LogP contribution is -2.38. The van der Waals surface area contributed by atoms with Crippen LogP contribution in [0.2, 0.25) is 0 Å². The van der Waals surface area contributed by atoms with Gasteiger partial charge in [0.25, 0.3) is 5.91 Å². The van der Waals surface area contributed by atoms with Gasteiger partial charge in [-0.25, -0.2) is 0 Å². The number of aliphatic hydroxyl groups is 1. The minimum absolute atomic E-state index is 0.140. The molecule has 1 rings (SSSR count). The van der Waals surface area contributed by atoms with E-state index in [9.17, 15) is 9.59 Å². The molecular weight excluding hydrogens is 272 g/mol. The van der Waals surface area contributed by atoms with E-state index in [1.54, 1.807) is 25.1 Å². The second kappa shape index (κ2) is 7.92. The van der Waals surface area contributed by atoms with E-state index in [4.69, 9.17) is 15.6 Å². The summed E-state index contributed by atoms with van der Waals surface area (Å²) in [4.78, 5) is 24.6. The molecule has 6 nitrogen and oxygen atoms in total. The maximum absolute atomic E-state index is 12.3. The Morgan fingerprint density at radius 2 is 2.14 bits per heavy atom. The number of amides is 2. The normalized spacial score (nSPS) is 9.48. The van der Waals surface area contributed by atoms with Crippen molar-refractivity contribution in [3.05, 3.63) is 29.3 Å². The maximum Gasteiger partial charge on any atom is 0.254 e. The third-order valence-corrected chi connectivity index (χ3v) is 2.76. The molecule has 0 bridgehead atoms. The number of likely N-dealkylation sites (N-methyl/N-ethyl adjacent to an activating group) is 1. The summed E-state index contributed by atoms with van der Waals surface area (Å²) in [6.07, 6.45) is 0. The molecule has 3 N–H and O–H groups in total. The van der Waals surface area contributed by atoms with E-state index in [1.807, 2.05) is 0 Å². The van der Waals surface area contributed by atoms with Gasteiger partial charge >= 0.3 is 0 Å². The standard InChI is InChI=1S/C15H18N2O4/c1-3-17(10-14(16)19)15(20)12-6-7-13(21-2)11(9-12)5-4-8-18/h6-7,9,18H,3,8,10H2,1-2H3,(H2,16,19). The highest BCUT2D eigenvalue weighted by Crippen LogP contribution is 2.19. The van der Waals surface area contributed by atoms with E-state index < -0.39 is 5.91 Å². The van der Waals surface area contributed by atoms with Crippen LogP contribution in [-0.4, -0.2) is 48.6 Å². The number of benzene rings is 1. The zero-order valence-electron chi connectivity index (χ0n) is 12.0. The summed E-state index contributed by atoms with van der Waals surface area (Å²) in [6.45, 7) is 1.70. The number of carbonyl (C=O) groups is 2. The predicted octanol–water partition coefficient (Wildman–Crippen LogP) is -0.0136. The average molecular weight is 290 g/mol. The van der Waals surface area contributed by atoms with Gasteiger partial charge in [-0.3, -0.25) is 9.59 Å². The van der Waals surface area contributed by atoms with Crippen molar-refractivity contribution in [1.82, 2.24) is 4.90 Å². The van der Waals surface area contributed by atoms with Crippen molar-refractivity contribution in [3.63, 3.8) is 0 Å². The third-order valence-electron chi connectivity index (χ3n) is 2.76. The molecule has 1 aromatic rings. The maximum atomic E-state index is 12.3. The van der Waals surface area contributed by atoms with Crippen LogP contribution in [0.4, 0.5) is 0 Å². The molecule has 2 amide bonds. The fourth-order valence-corrected chi connectivity index (χ4v) is 1.77. The molecular formula is C15H18N2O4. The van der Waals surface area contributed by atoms with Crippen molar-refractivity contribution in [1.29, 1.82) is 0 Å². The first-order chi connectivity index (χ1) is 10.0. The van der Waals surface area contributed by atoms with Gasteiger partial charge in [-0.15, -0.1) is 0 Å². The number of carbonyl (C=O) groups excluding carboxylic acids is 2. The van der Waals surface area contributed by atoms with E-state index in [0.29, 0.717) is 23.4 Å². The Balaban J connectivity index is 3.12. The third kappa shape index (κ3) is 4.51. The van der Waals surface area contributed by atoms with E-state index in [2.05, 4.69) is 11.8 Å². The largest absolute Gasteiger partial charge is 0.495 e. The Morgan fingerprint density at radius 1 is 1.43 bits per heavy atom. The number of hydrogen-bond donors (Lipinski definition) is 2. The molecule has 0 radical (unpaired) electrons. The van der Waals surface area contributed by atoms with Gasteiger partial charge in [0.1, 0.15) is 12.4 Å². The number of hydrogen-bond acceptors (Lipinski definition) is 4. The summed E-state index contributed by atoms with van der Waals surface area (Å²) in [6, 6.07) is 4.77. The predicted molar refractivity (Wildman–Crippen MR) is 77.7 cm³/mol. The molecule has 0 aromatic heterocycles. The lowest BCUT2D eigenvalue weighted by Gasteiger charge is -2.19. The Kier molecular flexibility index (Phi) is 6.24. The number of ether oxygens (including phenoxy) is 1. The number of nitrogens with zero attached hydrogens (tertiary/aromatic N) is 1. The topological polar surface area (TPSA) is 92.9 Å². The van der Waals surface area contributed by atoms with Crippen molar-refractivity contribution >= 4 is 11.8 Å². The van der Waals surface area contributed by atoms with E-state index >= 15 is 0 Å². The zero-order chi connectivity index (χ0) is 15.8. The van der Waals surface area contributed by atoms with Crippen LogP contribution < -0.4 is 10.5 Å². The van der Waals surface area contributed by atoms with Gasteiger partial charge in [-0.1, -0.05) is 11.8 Å². The van der Waals surface area contributed by atoms with Gasteiger partial charge in [-0.2, -0.15) is 0 Å². The van der Waals surface area contributed by atoms with E-state index in [1.165, 1.54) is 12.0 Å². The molecule has 6 heteroatoms. The number of primary amides is 1. The van der Waals surface area contributed by atoms with E-state index in [0.717, 1.165) is 0 Å². The van der Waals surface area contributed by atoms with E-state index in [-0.39, 0.29) is 19.1 Å². The number of aliphatic hydroxyl groups excluding tert-OH is 1. The number of rotatable bonds is 5. The first kappa shape index (κ1) is 16.5. The van der Waals surface area contributed by atoms with Gasteiger partial charge in [0.05, 0.1) is 19.2 Å². The minimum atomic E-state index is -0.570. The van der Waals surface area contributed by atoms with Crippen molar-refractivity contribution < 1.29 is 19.4 Å². The van der Waals surface area contributed by atoms with Gasteiger partial charge in [0, 0.05) is 12.1 Å². The molecule has 0 heterocycles. The van der Waals surface area contributed by atoms with Gasteiger partial charge < -0.3 is 20.5 Å². The fourth-order valence-electron chi connectivity index (χ4n) is 1.77. The fraction of sp³-hybridized carbons (Fsp3) is 0.333. The molecule has 0 aliphatic carbocycles. The number of methoxy groups -OCH3 is 1. The summed E-state index contributed by atoms with van der Waals surface area (Å²) < 4.78 is 5.15. The van der Waals surface area contributed by atoms with Crippen LogP contribution in [-0.2, 0) is 4.79 Å². The van der Waals surface area contributed by atoms with Crippen LogP contribution in [0.15, 0.2) is 18.2 Å². The molecule has 21 heavy (non-hydrogen) atoms. The Hall–Kier alpha value is -2.52. The average Bonchev–Trinajstić information content (AvgIpc) is 2.49. The Morgan fingerprint density at radius 3 is 2.67 bits per heavy atom. The summed E-state index contributed by atoms with van der Waals surface area (Å²) in [5.74, 6) is 4.85. The van der Waals surface area contributed by atoms with Crippen molar-refractivity contribution in [2.24, 2.45) is 5.73 Å². The highest BCUT2D eigenvalue weighted by molar-refractivity contribution is 5.96. The minimum Gasteiger partial charge on any atom is -0.495 e. The number of nitrogens with two attached hydrogens (primary N) is 1. The van der Waals surface area contributed by atoms with Crippen LogP contribution in [0.1, 0.15) is 22.8 Å². The summed E-state index contributed by atoms with van der Waals surface area (Å²) in [5, 5.41) is 8.75. The first-order valence-electron chi connectivity index (χ1n) is 6.38. The first-order valence-corrected chi connectivity index (χ1v) is 6.38. The Bertz CT molecular complexity index is 587. The molecule has 0 fully saturated rings. The molecule has 1 aromatic carbocycles. The van der Waals surface area contributed by atoms with Crippen LogP contribution in [0, 0.1) is 11.8 Å². The van der Waals surface area contributed by atoms with Crippen molar-refractivity contribution in [2.75, 3.05) is 26.8 Å². The summed E-state index contributed by atoms with van der Waals surface area (Å²) in [7, 11) is 1.49. The highest BCUT2D eigenvalue weighted by atomic mass is 16.5. The van der Waals surface area contributed by atoms with Gasteiger partial charge in [0.2, 0.25) is 5.91 Å². The zero-order valence-corrected chi connectivity index (χ0v) is 12.0. The molecule has 0 saturated carbocycles. The monoisotopic (exact) mass is 290 g/mol. The van der Waals surface area contributed by atoms with Crippen molar-refractivity contribution in [3.8, 4) is 17.6 Å². The SMILES string of the molecule is CCN(CC(N)=O)C(=O)c1ccc(OC)c(C#CCO)c1. The second-order valence-electron chi connectivity index (χ2n) is 4.16. The molecule has 112 valence electrons. The highest BCUT2D eigenvalue weighted by Gasteiger charge is 2.17. The molecule has 0 aliphatic rings. The van der Waals surface area contributed by atoms with Crippen LogP contribution in [0.3, 0.4) is 0 Å². The van der Waals surface area contributed by atoms with Crippen LogP contribution in [0.25, 0.3) is 0 Å². The van der Waals surface area contributed by atoms with Gasteiger partial charge in [-0.05, 0) is 25.1 Å². The second-order valence-corrected chi connectivity index (χ2v) is 4.16. The van der Waals surface area contributed by atoms with Crippen LogP contribution >= 0.6 is 0 Å². The van der Waals surface area contributed by atoms with Crippen molar-refractivity contribution in [2.45, 2.75) is 6.92 Å². The molecule has 0 saturated heterocycles. The molecule has 0 aliphatic heterocycles. The molecule has 0 atom stereocenters. The summed E-state index contributed by atoms with van der Waals surface area (Å²) in [5.41, 5.74) is 5.99. The summed E-state index contributed by atoms with van der Waals surface area (Å²) >= 11 is 0. The lowest BCUT2D eigenvalue weighted by atomic mass is 10.1. The Labute approximate surface area is 123 Å².